The summed E-state index contributed by atoms with van der Waals surface area (Å²) in [5.74, 6) is 0.384. The van der Waals surface area contributed by atoms with Crippen LogP contribution in [0.15, 0.2) is 77.9 Å². The lowest BCUT2D eigenvalue weighted by atomic mass is 10.1. The van der Waals surface area contributed by atoms with Gasteiger partial charge in [-0.15, -0.1) is 0 Å². The van der Waals surface area contributed by atoms with Crippen LogP contribution in [0.5, 0.6) is 0 Å². The molecule has 7 heteroatoms. The summed E-state index contributed by atoms with van der Waals surface area (Å²) in [5.41, 5.74) is 3.79. The number of nitrogens with zero attached hydrogens (tertiary/aromatic N) is 3. The molecule has 7 nitrogen and oxygen atoms in total. The van der Waals surface area contributed by atoms with Gasteiger partial charge in [0.1, 0.15) is 5.82 Å². The lowest BCUT2D eigenvalue weighted by Crippen LogP contribution is -2.12. The van der Waals surface area contributed by atoms with E-state index in [1.165, 1.54) is 6.07 Å². The van der Waals surface area contributed by atoms with E-state index in [4.69, 9.17) is 0 Å². The van der Waals surface area contributed by atoms with Crippen molar-refractivity contribution in [3.8, 4) is 17.1 Å². The zero-order valence-electron chi connectivity index (χ0n) is 16.5. The Morgan fingerprint density at radius 3 is 2.73 bits per heavy atom. The fourth-order valence-electron chi connectivity index (χ4n) is 3.15. The van der Waals surface area contributed by atoms with Crippen LogP contribution in [0.25, 0.3) is 17.1 Å². The number of H-pyrrole nitrogens is 1. The molecule has 4 rings (SSSR count). The number of hydrogen-bond acceptors (Lipinski definition) is 4. The average molecular weight is 399 g/mol. The molecule has 0 spiro atoms. The first-order valence-corrected chi connectivity index (χ1v) is 9.64. The molecule has 2 aromatic heterocycles. The van der Waals surface area contributed by atoms with Crippen molar-refractivity contribution < 1.29 is 4.79 Å². The standard InChI is InChI=1S/C23H21N5O2/c1-16-12-22(30)27-23(25-16)18-6-5-7-19(13-18)26-21(29)11-10-17-14-24-28(15-17)20-8-3-2-4-9-20/h2-9,12-15H,10-11H2,1H3,(H,26,29)(H,25,27,30). The highest BCUT2D eigenvalue weighted by molar-refractivity contribution is 5.91. The van der Waals surface area contributed by atoms with Crippen LogP contribution < -0.4 is 10.9 Å². The minimum absolute atomic E-state index is 0.0923. The van der Waals surface area contributed by atoms with Gasteiger partial charge in [0.25, 0.3) is 5.56 Å². The lowest BCUT2D eigenvalue weighted by Gasteiger charge is -2.07. The molecule has 1 amide bonds. The van der Waals surface area contributed by atoms with E-state index in [1.807, 2.05) is 54.7 Å². The van der Waals surface area contributed by atoms with Crippen LogP contribution in [-0.2, 0) is 11.2 Å². The maximum atomic E-state index is 12.4. The van der Waals surface area contributed by atoms with Crippen molar-refractivity contribution in [2.24, 2.45) is 0 Å². The number of para-hydroxylation sites is 1. The Labute approximate surface area is 173 Å². The van der Waals surface area contributed by atoms with Crippen molar-refractivity contribution >= 4 is 11.6 Å². The van der Waals surface area contributed by atoms with Crippen molar-refractivity contribution in [2.45, 2.75) is 19.8 Å². The van der Waals surface area contributed by atoms with Gasteiger partial charge in [-0.2, -0.15) is 5.10 Å². The first kappa shape index (κ1) is 19.3. The summed E-state index contributed by atoms with van der Waals surface area (Å²) in [6.45, 7) is 1.77. The molecule has 0 fully saturated rings. The molecule has 0 aliphatic carbocycles. The number of benzene rings is 2. The number of nitrogens with one attached hydrogen (secondary N) is 2. The summed E-state index contributed by atoms with van der Waals surface area (Å²) in [7, 11) is 0. The first-order valence-electron chi connectivity index (χ1n) is 9.64. The number of rotatable bonds is 6. The maximum absolute atomic E-state index is 12.4. The van der Waals surface area contributed by atoms with Crippen molar-refractivity contribution in [1.29, 1.82) is 0 Å². The van der Waals surface area contributed by atoms with Gasteiger partial charge in [-0.25, -0.2) is 9.67 Å². The second-order valence-corrected chi connectivity index (χ2v) is 6.99. The van der Waals surface area contributed by atoms with Crippen LogP contribution in [0.3, 0.4) is 0 Å². The summed E-state index contributed by atoms with van der Waals surface area (Å²) in [4.78, 5) is 31.2. The molecular formula is C23H21N5O2. The smallest absolute Gasteiger partial charge is 0.251 e. The summed E-state index contributed by atoms with van der Waals surface area (Å²) in [5, 5.41) is 7.26. The molecule has 0 bridgehead atoms. The Morgan fingerprint density at radius 1 is 1.10 bits per heavy atom. The van der Waals surface area contributed by atoms with Crippen LogP contribution in [0, 0.1) is 6.92 Å². The van der Waals surface area contributed by atoms with Crippen LogP contribution in [-0.4, -0.2) is 25.7 Å². The molecule has 0 saturated carbocycles. The van der Waals surface area contributed by atoms with Gasteiger partial charge < -0.3 is 10.3 Å². The molecule has 0 aliphatic heterocycles. The highest BCUT2D eigenvalue weighted by atomic mass is 16.1. The van der Waals surface area contributed by atoms with Crippen LogP contribution in [0.4, 0.5) is 5.69 Å². The van der Waals surface area contributed by atoms with Crippen LogP contribution >= 0.6 is 0 Å². The molecule has 0 unspecified atom stereocenters. The maximum Gasteiger partial charge on any atom is 0.251 e. The molecule has 150 valence electrons. The number of hydrogen-bond donors (Lipinski definition) is 2. The van der Waals surface area contributed by atoms with E-state index >= 15 is 0 Å². The number of carbonyl (C=O) groups is 1. The van der Waals surface area contributed by atoms with Gasteiger partial charge >= 0.3 is 0 Å². The minimum Gasteiger partial charge on any atom is -0.326 e. The van der Waals surface area contributed by atoms with E-state index in [0.717, 1.165) is 16.8 Å². The van der Waals surface area contributed by atoms with E-state index < -0.39 is 0 Å². The average Bonchev–Trinajstić information content (AvgIpc) is 3.22. The number of amides is 1. The van der Waals surface area contributed by atoms with Gasteiger partial charge in [-0.05, 0) is 43.2 Å². The molecule has 30 heavy (non-hydrogen) atoms. The summed E-state index contributed by atoms with van der Waals surface area (Å²) in [6.07, 6.45) is 4.64. The second kappa shape index (κ2) is 8.57. The van der Waals surface area contributed by atoms with E-state index in [2.05, 4.69) is 20.4 Å². The normalized spacial score (nSPS) is 10.7. The topological polar surface area (TPSA) is 92.7 Å². The largest absolute Gasteiger partial charge is 0.326 e. The quantitative estimate of drug-likeness (QED) is 0.519. The van der Waals surface area contributed by atoms with Gasteiger partial charge in [0.15, 0.2) is 0 Å². The first-order chi connectivity index (χ1) is 14.6. The second-order valence-electron chi connectivity index (χ2n) is 6.99. The third-order valence-electron chi connectivity index (χ3n) is 4.59. The highest BCUT2D eigenvalue weighted by Crippen LogP contribution is 2.19. The highest BCUT2D eigenvalue weighted by Gasteiger charge is 2.08. The Bertz CT molecular complexity index is 1230. The fourth-order valence-corrected chi connectivity index (χ4v) is 3.15. The van der Waals surface area contributed by atoms with Crippen molar-refractivity contribution in [3.63, 3.8) is 0 Å². The Morgan fingerprint density at radius 2 is 1.93 bits per heavy atom. The molecule has 2 N–H and O–H groups in total. The molecule has 0 atom stereocenters. The third-order valence-corrected chi connectivity index (χ3v) is 4.59. The molecule has 0 radical (unpaired) electrons. The molecule has 2 aromatic carbocycles. The van der Waals surface area contributed by atoms with Crippen molar-refractivity contribution in [3.05, 3.63) is 94.7 Å². The molecule has 2 heterocycles. The zero-order valence-corrected chi connectivity index (χ0v) is 16.5. The number of carbonyl (C=O) groups excluding carboxylic acids is 1. The van der Waals surface area contributed by atoms with E-state index in [9.17, 15) is 9.59 Å². The molecule has 0 saturated heterocycles. The van der Waals surface area contributed by atoms with Crippen LogP contribution in [0.2, 0.25) is 0 Å². The van der Waals surface area contributed by atoms with E-state index in [0.29, 0.717) is 30.0 Å². The van der Waals surface area contributed by atoms with Crippen LogP contribution in [0.1, 0.15) is 17.7 Å². The Hall–Kier alpha value is -4.00. The summed E-state index contributed by atoms with van der Waals surface area (Å²) < 4.78 is 1.80. The Kier molecular flexibility index (Phi) is 5.52. The fraction of sp³-hybridized carbons (Fsp3) is 0.130. The third kappa shape index (κ3) is 4.70. The molecule has 4 aromatic rings. The Balaban J connectivity index is 1.39. The van der Waals surface area contributed by atoms with E-state index in [1.54, 1.807) is 23.9 Å². The summed E-state index contributed by atoms with van der Waals surface area (Å²) >= 11 is 0. The minimum atomic E-state index is -0.206. The van der Waals surface area contributed by atoms with Gasteiger partial charge in [0.05, 0.1) is 11.9 Å². The predicted molar refractivity (Wildman–Crippen MR) is 116 cm³/mol. The lowest BCUT2D eigenvalue weighted by molar-refractivity contribution is -0.116. The van der Waals surface area contributed by atoms with Gasteiger partial charge in [-0.3, -0.25) is 9.59 Å². The van der Waals surface area contributed by atoms with Crippen molar-refractivity contribution in [2.75, 3.05) is 5.32 Å². The van der Waals surface area contributed by atoms with E-state index in [-0.39, 0.29) is 11.5 Å². The number of aromatic nitrogens is 4. The predicted octanol–water partition coefficient (Wildman–Crippen LogP) is 3.50. The van der Waals surface area contributed by atoms with Gasteiger partial charge in [0, 0.05) is 35.6 Å². The number of aryl methyl sites for hydroxylation is 2. The number of anilines is 1. The van der Waals surface area contributed by atoms with Gasteiger partial charge in [-0.1, -0.05) is 30.3 Å². The number of aromatic amines is 1. The monoisotopic (exact) mass is 399 g/mol. The molecule has 0 aliphatic rings. The summed E-state index contributed by atoms with van der Waals surface area (Å²) in [6, 6.07) is 18.5. The zero-order chi connectivity index (χ0) is 20.9. The molecular weight excluding hydrogens is 378 g/mol. The van der Waals surface area contributed by atoms with Gasteiger partial charge in [0.2, 0.25) is 5.91 Å². The SMILES string of the molecule is Cc1cc(=O)[nH]c(-c2cccc(NC(=O)CCc3cnn(-c4ccccc4)c3)c2)n1. The van der Waals surface area contributed by atoms with Crippen molar-refractivity contribution in [1.82, 2.24) is 19.7 Å².